The van der Waals surface area contributed by atoms with Gasteiger partial charge in [-0.05, 0) is 50.0 Å². The van der Waals surface area contributed by atoms with Crippen molar-refractivity contribution in [3.8, 4) is 0 Å². The van der Waals surface area contributed by atoms with Gasteiger partial charge in [0, 0.05) is 25.7 Å². The third-order valence-corrected chi connectivity index (χ3v) is 6.41. The number of hydrogen-bond donors (Lipinski definition) is 1. The minimum Gasteiger partial charge on any atom is -0.311 e. The fraction of sp³-hybridized carbons (Fsp3) is 1.00. The van der Waals surface area contributed by atoms with Crippen LogP contribution in [-0.4, -0.2) is 37.1 Å². The van der Waals surface area contributed by atoms with Crippen LogP contribution in [0.15, 0.2) is 0 Å². The molecule has 2 nitrogen and oxygen atoms in total. The molecule has 3 aliphatic rings. The third-order valence-electron chi connectivity index (χ3n) is 6.41. The van der Waals surface area contributed by atoms with Gasteiger partial charge in [0.15, 0.2) is 0 Å². The van der Waals surface area contributed by atoms with E-state index >= 15 is 0 Å². The number of piperazine rings is 1. The lowest BCUT2D eigenvalue weighted by atomic mass is 9.80. The Bertz CT molecular complexity index is 298. The van der Waals surface area contributed by atoms with E-state index in [1.54, 1.807) is 0 Å². The molecule has 3 fully saturated rings. The van der Waals surface area contributed by atoms with Gasteiger partial charge in [0.25, 0.3) is 0 Å². The van der Waals surface area contributed by atoms with Crippen LogP contribution in [0.3, 0.4) is 0 Å². The molecule has 0 aromatic heterocycles. The standard InChI is InChI=1S/C19H36N2/c1-16-6-5-7-17(14-16)10-12-21-13-11-20-19(15-21)18-8-3-2-4-9-18/h16-20H,2-15H2,1H3. The Morgan fingerprint density at radius 3 is 2.67 bits per heavy atom. The van der Waals surface area contributed by atoms with Crippen LogP contribution >= 0.6 is 0 Å². The van der Waals surface area contributed by atoms with Crippen LogP contribution in [-0.2, 0) is 0 Å². The van der Waals surface area contributed by atoms with E-state index in [0.717, 1.165) is 23.8 Å². The van der Waals surface area contributed by atoms with Crippen molar-refractivity contribution in [2.24, 2.45) is 17.8 Å². The summed E-state index contributed by atoms with van der Waals surface area (Å²) in [6.07, 6.45) is 14.8. The van der Waals surface area contributed by atoms with Crippen molar-refractivity contribution in [2.75, 3.05) is 26.2 Å². The Labute approximate surface area is 132 Å². The molecule has 21 heavy (non-hydrogen) atoms. The smallest absolute Gasteiger partial charge is 0.0223 e. The summed E-state index contributed by atoms with van der Waals surface area (Å²) in [7, 11) is 0. The second-order valence-corrected chi connectivity index (χ2v) is 8.19. The Morgan fingerprint density at radius 2 is 1.86 bits per heavy atom. The average Bonchev–Trinajstić information content (AvgIpc) is 2.54. The lowest BCUT2D eigenvalue weighted by Crippen LogP contribution is -2.54. The highest BCUT2D eigenvalue weighted by Crippen LogP contribution is 2.31. The molecule has 0 aromatic carbocycles. The molecule has 0 amide bonds. The van der Waals surface area contributed by atoms with Gasteiger partial charge in [-0.1, -0.05) is 45.4 Å². The van der Waals surface area contributed by atoms with E-state index in [4.69, 9.17) is 0 Å². The molecule has 2 saturated carbocycles. The van der Waals surface area contributed by atoms with E-state index in [1.807, 2.05) is 0 Å². The van der Waals surface area contributed by atoms with Crippen molar-refractivity contribution in [3.63, 3.8) is 0 Å². The molecule has 1 aliphatic heterocycles. The van der Waals surface area contributed by atoms with Gasteiger partial charge in [-0.3, -0.25) is 0 Å². The van der Waals surface area contributed by atoms with Gasteiger partial charge in [-0.2, -0.15) is 0 Å². The van der Waals surface area contributed by atoms with Crippen molar-refractivity contribution in [1.82, 2.24) is 10.2 Å². The molecular weight excluding hydrogens is 256 g/mol. The predicted octanol–water partition coefficient (Wildman–Crippen LogP) is 4.06. The minimum atomic E-state index is 0.796. The summed E-state index contributed by atoms with van der Waals surface area (Å²) < 4.78 is 0. The molecular formula is C19H36N2. The second kappa shape index (κ2) is 7.97. The van der Waals surface area contributed by atoms with Crippen LogP contribution < -0.4 is 5.32 Å². The van der Waals surface area contributed by atoms with E-state index in [9.17, 15) is 0 Å². The van der Waals surface area contributed by atoms with Crippen LogP contribution in [0.25, 0.3) is 0 Å². The molecule has 0 spiro atoms. The average molecular weight is 293 g/mol. The van der Waals surface area contributed by atoms with Crippen molar-refractivity contribution in [1.29, 1.82) is 0 Å². The maximum Gasteiger partial charge on any atom is 0.0223 e. The molecule has 1 heterocycles. The first kappa shape index (κ1) is 15.8. The van der Waals surface area contributed by atoms with Gasteiger partial charge >= 0.3 is 0 Å². The van der Waals surface area contributed by atoms with Crippen molar-refractivity contribution < 1.29 is 0 Å². The minimum absolute atomic E-state index is 0.796. The molecule has 1 saturated heterocycles. The molecule has 3 unspecified atom stereocenters. The van der Waals surface area contributed by atoms with Crippen molar-refractivity contribution >= 4 is 0 Å². The topological polar surface area (TPSA) is 15.3 Å². The Morgan fingerprint density at radius 1 is 1.00 bits per heavy atom. The first-order valence-corrected chi connectivity index (χ1v) is 9.77. The Kier molecular flexibility index (Phi) is 5.99. The molecule has 0 bridgehead atoms. The fourth-order valence-corrected chi connectivity index (χ4v) is 5.08. The first-order chi connectivity index (χ1) is 10.3. The fourth-order valence-electron chi connectivity index (χ4n) is 5.08. The van der Waals surface area contributed by atoms with Crippen molar-refractivity contribution in [2.45, 2.75) is 77.2 Å². The van der Waals surface area contributed by atoms with E-state index < -0.39 is 0 Å². The third kappa shape index (κ3) is 4.69. The Hall–Kier alpha value is -0.0800. The quantitative estimate of drug-likeness (QED) is 0.840. The zero-order valence-corrected chi connectivity index (χ0v) is 14.2. The van der Waals surface area contributed by atoms with E-state index in [2.05, 4.69) is 17.1 Å². The largest absolute Gasteiger partial charge is 0.311 e. The summed E-state index contributed by atoms with van der Waals surface area (Å²) in [5.74, 6) is 2.98. The molecule has 3 rings (SSSR count). The monoisotopic (exact) mass is 292 g/mol. The summed E-state index contributed by atoms with van der Waals surface area (Å²) in [4.78, 5) is 2.77. The van der Waals surface area contributed by atoms with Gasteiger partial charge in [-0.25, -0.2) is 0 Å². The highest BCUT2D eigenvalue weighted by molar-refractivity contribution is 4.86. The zero-order chi connectivity index (χ0) is 14.5. The van der Waals surface area contributed by atoms with E-state index in [1.165, 1.54) is 90.4 Å². The number of rotatable bonds is 4. The zero-order valence-electron chi connectivity index (χ0n) is 14.2. The van der Waals surface area contributed by atoms with Crippen LogP contribution in [0.4, 0.5) is 0 Å². The van der Waals surface area contributed by atoms with E-state index in [0.29, 0.717) is 0 Å². The molecule has 3 atom stereocenters. The molecule has 2 aliphatic carbocycles. The number of nitrogens with one attached hydrogen (secondary N) is 1. The van der Waals surface area contributed by atoms with Crippen LogP contribution in [0.2, 0.25) is 0 Å². The summed E-state index contributed by atoms with van der Waals surface area (Å²) >= 11 is 0. The maximum atomic E-state index is 3.82. The normalized spacial score (nSPS) is 36.7. The molecule has 122 valence electrons. The molecule has 0 radical (unpaired) electrons. The van der Waals surface area contributed by atoms with Gasteiger partial charge in [-0.15, -0.1) is 0 Å². The van der Waals surface area contributed by atoms with Gasteiger partial charge in [0.2, 0.25) is 0 Å². The van der Waals surface area contributed by atoms with Crippen molar-refractivity contribution in [3.05, 3.63) is 0 Å². The molecule has 1 N–H and O–H groups in total. The maximum absolute atomic E-state index is 3.82. The highest BCUT2D eigenvalue weighted by atomic mass is 15.2. The SMILES string of the molecule is CC1CCCC(CCN2CCNC(C3CCCCC3)C2)C1. The predicted molar refractivity (Wildman–Crippen MR) is 90.5 cm³/mol. The van der Waals surface area contributed by atoms with Crippen LogP contribution in [0, 0.1) is 17.8 Å². The lowest BCUT2D eigenvalue weighted by molar-refractivity contribution is 0.133. The summed E-state index contributed by atoms with van der Waals surface area (Å²) in [5, 5.41) is 3.82. The van der Waals surface area contributed by atoms with Crippen LogP contribution in [0.5, 0.6) is 0 Å². The second-order valence-electron chi connectivity index (χ2n) is 8.19. The number of nitrogens with zero attached hydrogens (tertiary/aromatic N) is 1. The first-order valence-electron chi connectivity index (χ1n) is 9.77. The number of hydrogen-bond acceptors (Lipinski definition) is 2. The Balaban J connectivity index is 1.40. The van der Waals surface area contributed by atoms with Gasteiger partial charge in [0.1, 0.15) is 0 Å². The molecule has 2 heteroatoms. The summed E-state index contributed by atoms with van der Waals surface area (Å²) in [5.41, 5.74) is 0. The van der Waals surface area contributed by atoms with Crippen LogP contribution in [0.1, 0.15) is 71.1 Å². The summed E-state index contributed by atoms with van der Waals surface area (Å²) in [6.45, 7) is 7.65. The van der Waals surface area contributed by atoms with Gasteiger partial charge in [0.05, 0.1) is 0 Å². The highest BCUT2D eigenvalue weighted by Gasteiger charge is 2.28. The van der Waals surface area contributed by atoms with E-state index in [-0.39, 0.29) is 0 Å². The molecule has 0 aromatic rings. The lowest BCUT2D eigenvalue weighted by Gasteiger charge is -2.40. The van der Waals surface area contributed by atoms with Gasteiger partial charge < -0.3 is 10.2 Å². The summed E-state index contributed by atoms with van der Waals surface area (Å²) in [6, 6.07) is 0.796.